The Balaban J connectivity index is 2.31. The number of rotatable bonds is 2. The highest BCUT2D eigenvalue weighted by Crippen LogP contribution is 2.24. The molecule has 102 valence electrons. The van der Waals surface area contributed by atoms with E-state index in [2.05, 4.69) is 0 Å². The molecule has 1 fully saturated rings. The van der Waals surface area contributed by atoms with Crippen LogP contribution in [0.1, 0.15) is 35.2 Å². The van der Waals surface area contributed by atoms with Crippen molar-refractivity contribution in [1.82, 2.24) is 4.90 Å². The predicted octanol–water partition coefficient (Wildman–Crippen LogP) is 2.93. The molecule has 5 heteroatoms. The van der Waals surface area contributed by atoms with Crippen LogP contribution in [-0.2, 0) is 0 Å². The van der Waals surface area contributed by atoms with E-state index in [0.717, 1.165) is 24.8 Å². The third-order valence-electron chi connectivity index (χ3n) is 3.59. The lowest BCUT2D eigenvalue weighted by Crippen LogP contribution is -2.49. The van der Waals surface area contributed by atoms with Crippen molar-refractivity contribution in [1.29, 1.82) is 0 Å². The monoisotopic (exact) mass is 296 g/mol. The molecule has 1 heterocycles. The molecule has 0 bridgehead atoms. The molecule has 1 aliphatic heterocycles. The molecule has 2 rings (SSSR count). The van der Waals surface area contributed by atoms with E-state index in [4.69, 9.17) is 29.6 Å². The van der Waals surface area contributed by atoms with Gasteiger partial charge in [0.25, 0.3) is 5.91 Å². The first-order valence-corrected chi connectivity index (χ1v) is 7.16. The number of hydrogen-bond donors (Lipinski definition) is 1. The molecule has 1 aromatic rings. The van der Waals surface area contributed by atoms with E-state index in [0.29, 0.717) is 22.1 Å². The van der Waals surface area contributed by atoms with Crippen molar-refractivity contribution in [3.63, 3.8) is 0 Å². The molecular formula is C14H17ClN2OS. The smallest absolute Gasteiger partial charge is 0.254 e. The molecule has 1 saturated heterocycles. The number of nitrogens with two attached hydrogens (primary N) is 1. The van der Waals surface area contributed by atoms with Crippen molar-refractivity contribution >= 4 is 34.7 Å². The van der Waals surface area contributed by atoms with Crippen molar-refractivity contribution < 1.29 is 4.79 Å². The standard InChI is InChI=1S/C14H17ClN2OS/c1-9-10(5-4-6-11(9)15)14(18)17-8-3-2-7-12(17)13(16)19/h4-6,12H,2-3,7-8H2,1H3,(H2,16,19). The zero-order chi connectivity index (χ0) is 14.0. The van der Waals surface area contributed by atoms with Gasteiger partial charge in [-0.25, -0.2) is 0 Å². The van der Waals surface area contributed by atoms with E-state index in [1.807, 2.05) is 6.92 Å². The average molecular weight is 297 g/mol. The van der Waals surface area contributed by atoms with Crippen molar-refractivity contribution in [2.24, 2.45) is 5.73 Å². The molecule has 1 amide bonds. The summed E-state index contributed by atoms with van der Waals surface area (Å²) in [7, 11) is 0. The van der Waals surface area contributed by atoms with Crippen molar-refractivity contribution in [2.75, 3.05) is 6.54 Å². The van der Waals surface area contributed by atoms with Crippen molar-refractivity contribution in [2.45, 2.75) is 32.2 Å². The highest BCUT2D eigenvalue weighted by Gasteiger charge is 2.30. The minimum Gasteiger partial charge on any atom is -0.392 e. The molecule has 1 atom stereocenters. The van der Waals surface area contributed by atoms with Gasteiger partial charge in [0.15, 0.2) is 0 Å². The summed E-state index contributed by atoms with van der Waals surface area (Å²) in [5.41, 5.74) is 7.19. The number of piperidine rings is 1. The van der Waals surface area contributed by atoms with Gasteiger partial charge in [-0.05, 0) is 43.9 Å². The first-order chi connectivity index (χ1) is 9.02. The second kappa shape index (κ2) is 5.88. The van der Waals surface area contributed by atoms with E-state index in [1.165, 1.54) is 0 Å². The maximum absolute atomic E-state index is 12.6. The van der Waals surface area contributed by atoms with Gasteiger partial charge in [-0.1, -0.05) is 29.9 Å². The molecule has 19 heavy (non-hydrogen) atoms. The fourth-order valence-corrected chi connectivity index (χ4v) is 2.88. The van der Waals surface area contributed by atoms with Gasteiger partial charge in [-0.3, -0.25) is 4.79 Å². The Morgan fingerprint density at radius 1 is 1.47 bits per heavy atom. The molecule has 1 aromatic carbocycles. The van der Waals surface area contributed by atoms with Gasteiger partial charge in [-0.2, -0.15) is 0 Å². The summed E-state index contributed by atoms with van der Waals surface area (Å²) in [6, 6.07) is 5.25. The molecule has 0 aliphatic carbocycles. The summed E-state index contributed by atoms with van der Waals surface area (Å²) in [5.74, 6) is -0.0301. The Morgan fingerprint density at radius 3 is 2.89 bits per heavy atom. The van der Waals surface area contributed by atoms with Crippen LogP contribution in [-0.4, -0.2) is 28.4 Å². The summed E-state index contributed by atoms with van der Waals surface area (Å²) in [5, 5.41) is 0.606. The van der Waals surface area contributed by atoms with E-state index in [1.54, 1.807) is 23.1 Å². The van der Waals surface area contributed by atoms with Crippen molar-refractivity contribution in [3.05, 3.63) is 34.3 Å². The first-order valence-electron chi connectivity index (χ1n) is 6.37. The second-order valence-electron chi connectivity index (χ2n) is 4.82. The van der Waals surface area contributed by atoms with Gasteiger partial charge in [-0.15, -0.1) is 0 Å². The zero-order valence-corrected chi connectivity index (χ0v) is 12.4. The predicted molar refractivity (Wildman–Crippen MR) is 81.6 cm³/mol. The molecule has 3 nitrogen and oxygen atoms in total. The molecular weight excluding hydrogens is 280 g/mol. The lowest BCUT2D eigenvalue weighted by Gasteiger charge is -2.35. The largest absolute Gasteiger partial charge is 0.392 e. The molecule has 0 spiro atoms. The molecule has 2 N–H and O–H groups in total. The van der Waals surface area contributed by atoms with Gasteiger partial charge in [0, 0.05) is 17.1 Å². The number of nitrogens with zero attached hydrogens (tertiary/aromatic N) is 1. The SMILES string of the molecule is Cc1c(Cl)cccc1C(=O)N1CCCCC1C(N)=S. The van der Waals surface area contributed by atoms with Crippen LogP contribution in [0.3, 0.4) is 0 Å². The number of amides is 1. The Hall–Kier alpha value is -1.13. The zero-order valence-electron chi connectivity index (χ0n) is 10.9. The summed E-state index contributed by atoms with van der Waals surface area (Å²) in [6.07, 6.45) is 2.89. The average Bonchev–Trinajstić information content (AvgIpc) is 2.41. The van der Waals surface area contributed by atoms with Crippen LogP contribution in [0.2, 0.25) is 5.02 Å². The Bertz CT molecular complexity index is 518. The van der Waals surface area contributed by atoms with E-state index in [-0.39, 0.29) is 11.9 Å². The van der Waals surface area contributed by atoms with Crippen LogP contribution in [0.5, 0.6) is 0 Å². The van der Waals surface area contributed by atoms with Crippen LogP contribution >= 0.6 is 23.8 Å². The van der Waals surface area contributed by atoms with Crippen LogP contribution < -0.4 is 5.73 Å². The maximum atomic E-state index is 12.6. The van der Waals surface area contributed by atoms with E-state index < -0.39 is 0 Å². The van der Waals surface area contributed by atoms with Gasteiger partial charge in [0.1, 0.15) is 0 Å². The van der Waals surface area contributed by atoms with Gasteiger partial charge >= 0.3 is 0 Å². The Morgan fingerprint density at radius 2 is 2.21 bits per heavy atom. The first kappa shape index (κ1) is 14.3. The number of carbonyl (C=O) groups excluding carboxylic acids is 1. The maximum Gasteiger partial charge on any atom is 0.254 e. The molecule has 1 unspecified atom stereocenters. The number of hydrogen-bond acceptors (Lipinski definition) is 2. The highest BCUT2D eigenvalue weighted by atomic mass is 35.5. The number of thiocarbonyl (C=S) groups is 1. The van der Waals surface area contributed by atoms with Crippen LogP contribution in [0.15, 0.2) is 18.2 Å². The fraction of sp³-hybridized carbons (Fsp3) is 0.429. The van der Waals surface area contributed by atoms with E-state index >= 15 is 0 Å². The lowest BCUT2D eigenvalue weighted by molar-refractivity contribution is 0.0681. The quantitative estimate of drug-likeness (QED) is 0.854. The highest BCUT2D eigenvalue weighted by molar-refractivity contribution is 7.80. The van der Waals surface area contributed by atoms with Gasteiger partial charge in [0.2, 0.25) is 0 Å². The lowest BCUT2D eigenvalue weighted by atomic mass is 9.99. The van der Waals surface area contributed by atoms with Crippen molar-refractivity contribution in [3.8, 4) is 0 Å². The molecule has 0 saturated carbocycles. The number of carbonyl (C=O) groups is 1. The normalized spacial score (nSPS) is 19.3. The van der Waals surface area contributed by atoms with E-state index in [9.17, 15) is 4.79 Å². The van der Waals surface area contributed by atoms with Crippen LogP contribution in [0.25, 0.3) is 0 Å². The van der Waals surface area contributed by atoms with Crippen LogP contribution in [0.4, 0.5) is 0 Å². The summed E-state index contributed by atoms with van der Waals surface area (Å²) in [6.45, 7) is 2.56. The third kappa shape index (κ3) is 2.90. The Labute approximate surface area is 123 Å². The van der Waals surface area contributed by atoms with Gasteiger partial charge in [0.05, 0.1) is 11.0 Å². The molecule has 0 radical (unpaired) electrons. The summed E-state index contributed by atoms with van der Waals surface area (Å²) < 4.78 is 0. The topological polar surface area (TPSA) is 46.3 Å². The second-order valence-corrected chi connectivity index (χ2v) is 5.70. The summed E-state index contributed by atoms with van der Waals surface area (Å²) >= 11 is 11.2. The summed E-state index contributed by atoms with van der Waals surface area (Å²) in [4.78, 5) is 14.8. The number of halogens is 1. The Kier molecular flexibility index (Phi) is 4.42. The number of likely N-dealkylation sites (tertiary alicyclic amines) is 1. The number of benzene rings is 1. The van der Waals surface area contributed by atoms with Crippen LogP contribution in [0, 0.1) is 6.92 Å². The third-order valence-corrected chi connectivity index (χ3v) is 4.27. The minimum absolute atomic E-state index is 0.0301. The minimum atomic E-state index is -0.130. The fourth-order valence-electron chi connectivity index (χ4n) is 2.46. The van der Waals surface area contributed by atoms with Gasteiger partial charge < -0.3 is 10.6 Å². The molecule has 0 aromatic heterocycles. The molecule has 1 aliphatic rings.